The molecule has 0 saturated carbocycles. The van der Waals surface area contributed by atoms with Crippen LogP contribution in [0.15, 0.2) is 42.6 Å². The van der Waals surface area contributed by atoms with Crippen LogP contribution in [0.1, 0.15) is 16.1 Å². The maximum absolute atomic E-state index is 11.4. The normalized spacial score (nSPS) is 10.8. The summed E-state index contributed by atoms with van der Waals surface area (Å²) in [4.78, 5) is 15.7. The van der Waals surface area contributed by atoms with Crippen molar-refractivity contribution in [2.24, 2.45) is 0 Å². The van der Waals surface area contributed by atoms with E-state index in [4.69, 9.17) is 4.74 Å². The Morgan fingerprint density at radius 2 is 2.10 bits per heavy atom. The lowest BCUT2D eigenvalue weighted by Crippen LogP contribution is -1.97. The lowest BCUT2D eigenvalue weighted by molar-refractivity contribution is 0.0693. The molecule has 0 radical (unpaired) electrons. The molecule has 0 aliphatic rings. The van der Waals surface area contributed by atoms with E-state index in [0.29, 0.717) is 17.1 Å². The number of fused-ring (bicyclic) bond motifs is 1. The zero-order chi connectivity index (χ0) is 15.0. The molecule has 1 N–H and O–H groups in total. The van der Waals surface area contributed by atoms with Gasteiger partial charge in [0.05, 0.1) is 12.6 Å². The highest BCUT2D eigenvalue weighted by Gasteiger charge is 2.17. The smallest absolute Gasteiger partial charge is 0.356 e. The van der Waals surface area contributed by atoms with Crippen LogP contribution in [-0.4, -0.2) is 27.6 Å². The number of carbonyl (C=O) groups is 1. The van der Waals surface area contributed by atoms with Crippen molar-refractivity contribution in [2.45, 2.75) is 6.92 Å². The average Bonchev–Trinajstić information content (AvgIpc) is 2.86. The molecule has 0 unspecified atom stereocenters. The Bertz CT molecular complexity index is 837. The van der Waals surface area contributed by atoms with Crippen molar-refractivity contribution in [1.82, 2.24) is 9.38 Å². The number of aromatic carboxylic acids is 1. The maximum atomic E-state index is 11.4. The van der Waals surface area contributed by atoms with Crippen LogP contribution in [0, 0.1) is 6.92 Å². The Kier molecular flexibility index (Phi) is 3.10. The van der Waals surface area contributed by atoms with Crippen LogP contribution >= 0.6 is 0 Å². The van der Waals surface area contributed by atoms with Crippen molar-refractivity contribution in [1.29, 1.82) is 0 Å². The van der Waals surface area contributed by atoms with Gasteiger partial charge < -0.3 is 9.84 Å². The second-order valence-electron chi connectivity index (χ2n) is 4.78. The number of carboxylic acids is 1. The number of pyridine rings is 1. The van der Waals surface area contributed by atoms with Crippen molar-refractivity contribution >= 4 is 11.5 Å². The van der Waals surface area contributed by atoms with Gasteiger partial charge in [-0.3, -0.25) is 4.40 Å². The Hall–Kier alpha value is -2.82. The van der Waals surface area contributed by atoms with E-state index in [0.717, 1.165) is 11.1 Å². The van der Waals surface area contributed by atoms with Crippen LogP contribution in [-0.2, 0) is 0 Å². The number of hydrogen-bond acceptors (Lipinski definition) is 3. The molecule has 3 rings (SSSR count). The lowest BCUT2D eigenvalue weighted by atomic mass is 10.2. The van der Waals surface area contributed by atoms with Crippen LogP contribution in [0.3, 0.4) is 0 Å². The second-order valence-corrected chi connectivity index (χ2v) is 4.78. The zero-order valence-electron chi connectivity index (χ0n) is 11.7. The lowest BCUT2D eigenvalue weighted by Gasteiger charge is -2.04. The summed E-state index contributed by atoms with van der Waals surface area (Å²) in [6, 6.07) is 11.1. The van der Waals surface area contributed by atoms with Crippen molar-refractivity contribution in [2.75, 3.05) is 7.11 Å². The number of rotatable bonds is 3. The van der Waals surface area contributed by atoms with Gasteiger partial charge in [-0.05, 0) is 30.7 Å². The van der Waals surface area contributed by atoms with Crippen LogP contribution in [0.25, 0.3) is 16.9 Å². The molecule has 0 amide bonds. The summed E-state index contributed by atoms with van der Waals surface area (Å²) >= 11 is 0. The topological polar surface area (TPSA) is 63.8 Å². The van der Waals surface area contributed by atoms with Gasteiger partial charge in [0.2, 0.25) is 0 Å². The predicted molar refractivity (Wildman–Crippen MR) is 78.9 cm³/mol. The summed E-state index contributed by atoms with van der Waals surface area (Å²) in [5.41, 5.74) is 2.46. The van der Waals surface area contributed by atoms with Gasteiger partial charge in [-0.25, -0.2) is 9.78 Å². The molecule has 3 aromatic rings. The van der Waals surface area contributed by atoms with Crippen molar-refractivity contribution < 1.29 is 14.6 Å². The quantitative estimate of drug-likeness (QED) is 0.802. The van der Waals surface area contributed by atoms with Crippen molar-refractivity contribution in [3.05, 3.63) is 53.9 Å². The summed E-state index contributed by atoms with van der Waals surface area (Å²) in [5, 5.41) is 9.31. The van der Waals surface area contributed by atoms with Gasteiger partial charge in [0, 0.05) is 11.8 Å². The van der Waals surface area contributed by atoms with Crippen LogP contribution in [0.2, 0.25) is 0 Å². The third kappa shape index (κ3) is 2.23. The summed E-state index contributed by atoms with van der Waals surface area (Å²) in [6.45, 7) is 1.95. The first-order valence-corrected chi connectivity index (χ1v) is 6.46. The van der Waals surface area contributed by atoms with Crippen molar-refractivity contribution in [3.63, 3.8) is 0 Å². The number of methoxy groups -OCH3 is 1. The van der Waals surface area contributed by atoms with E-state index >= 15 is 0 Å². The van der Waals surface area contributed by atoms with E-state index in [-0.39, 0.29) is 5.69 Å². The van der Waals surface area contributed by atoms with Gasteiger partial charge in [-0.1, -0.05) is 18.2 Å². The molecule has 0 aliphatic carbocycles. The Morgan fingerprint density at radius 3 is 2.81 bits per heavy atom. The third-order valence-corrected chi connectivity index (χ3v) is 3.32. The molecular formula is C16H14N2O3. The van der Waals surface area contributed by atoms with E-state index in [1.807, 2.05) is 43.5 Å². The second kappa shape index (κ2) is 4.94. The highest BCUT2D eigenvalue weighted by atomic mass is 16.5. The molecule has 2 aromatic heterocycles. The fourth-order valence-corrected chi connectivity index (χ4v) is 2.32. The van der Waals surface area contributed by atoms with E-state index in [1.54, 1.807) is 17.6 Å². The van der Waals surface area contributed by atoms with Crippen molar-refractivity contribution in [3.8, 4) is 17.1 Å². The highest BCUT2D eigenvalue weighted by molar-refractivity contribution is 5.95. The van der Waals surface area contributed by atoms with E-state index in [9.17, 15) is 9.90 Å². The minimum absolute atomic E-state index is 0.0489. The summed E-state index contributed by atoms with van der Waals surface area (Å²) in [7, 11) is 1.59. The number of aryl methyl sites for hydroxylation is 1. The summed E-state index contributed by atoms with van der Waals surface area (Å²) in [6.07, 6.45) is 1.88. The summed E-state index contributed by atoms with van der Waals surface area (Å²) in [5.74, 6) is 0.254. The Morgan fingerprint density at radius 1 is 1.29 bits per heavy atom. The molecule has 5 heteroatoms. The largest absolute Gasteiger partial charge is 0.497 e. The van der Waals surface area contributed by atoms with Gasteiger partial charge in [-0.15, -0.1) is 0 Å². The molecule has 0 bridgehead atoms. The first-order chi connectivity index (χ1) is 10.1. The molecule has 106 valence electrons. The van der Waals surface area contributed by atoms with Crippen LogP contribution < -0.4 is 4.74 Å². The monoisotopic (exact) mass is 282 g/mol. The van der Waals surface area contributed by atoms with Crippen LogP contribution in [0.4, 0.5) is 0 Å². The zero-order valence-corrected chi connectivity index (χ0v) is 11.7. The number of nitrogens with zero attached hydrogens (tertiary/aromatic N) is 2. The number of aromatic nitrogens is 2. The standard InChI is InChI=1S/C16H14N2O3/c1-10-6-7-13-14(16(19)20)17-15(18(13)9-10)11-4-3-5-12(8-11)21-2/h3-9H,1-2H3,(H,19,20). The molecule has 2 heterocycles. The average molecular weight is 282 g/mol. The van der Waals surface area contributed by atoms with E-state index in [1.165, 1.54) is 0 Å². The number of hydrogen-bond donors (Lipinski definition) is 1. The molecular weight excluding hydrogens is 268 g/mol. The number of imidazole rings is 1. The molecule has 0 fully saturated rings. The Balaban J connectivity index is 2.31. The van der Waals surface area contributed by atoms with Gasteiger partial charge in [0.15, 0.2) is 5.69 Å². The van der Waals surface area contributed by atoms with Gasteiger partial charge >= 0.3 is 5.97 Å². The third-order valence-electron chi connectivity index (χ3n) is 3.32. The van der Waals surface area contributed by atoms with E-state index in [2.05, 4.69) is 4.98 Å². The Labute approximate surface area is 121 Å². The minimum atomic E-state index is -1.04. The molecule has 0 aliphatic heterocycles. The molecule has 0 spiro atoms. The molecule has 0 saturated heterocycles. The van der Waals surface area contributed by atoms with Gasteiger partial charge in [0.1, 0.15) is 11.6 Å². The summed E-state index contributed by atoms with van der Waals surface area (Å²) < 4.78 is 7.01. The molecule has 0 atom stereocenters. The number of carboxylic acid groups (broad SMARTS) is 1. The van der Waals surface area contributed by atoms with Gasteiger partial charge in [0.25, 0.3) is 0 Å². The molecule has 21 heavy (non-hydrogen) atoms. The van der Waals surface area contributed by atoms with Gasteiger partial charge in [-0.2, -0.15) is 0 Å². The molecule has 5 nitrogen and oxygen atoms in total. The first kappa shape index (κ1) is 13.2. The predicted octanol–water partition coefficient (Wildman–Crippen LogP) is 3.02. The van der Waals surface area contributed by atoms with Crippen LogP contribution in [0.5, 0.6) is 5.75 Å². The molecule has 1 aromatic carbocycles. The number of benzene rings is 1. The maximum Gasteiger partial charge on any atom is 0.356 e. The highest BCUT2D eigenvalue weighted by Crippen LogP contribution is 2.26. The van der Waals surface area contributed by atoms with E-state index < -0.39 is 5.97 Å². The fourth-order valence-electron chi connectivity index (χ4n) is 2.32. The number of ether oxygens (including phenoxy) is 1. The fraction of sp³-hybridized carbons (Fsp3) is 0.125. The first-order valence-electron chi connectivity index (χ1n) is 6.46. The SMILES string of the molecule is COc1cccc(-c2nc(C(=O)O)c3ccc(C)cn23)c1. The minimum Gasteiger partial charge on any atom is -0.497 e.